The van der Waals surface area contributed by atoms with Crippen molar-refractivity contribution >= 4 is 41.2 Å². The first kappa shape index (κ1) is 24.3. The number of carbonyl (C=O) groups is 4. The number of benzene rings is 3. The lowest BCUT2D eigenvalue weighted by atomic mass is 10.1. The molecule has 3 aromatic carbocycles. The number of anilines is 2. The van der Waals surface area contributed by atoms with Crippen LogP contribution in [0.1, 0.15) is 16.7 Å². The molecule has 3 aromatic rings. The lowest BCUT2D eigenvalue weighted by Crippen LogP contribution is -2.54. The zero-order valence-electron chi connectivity index (χ0n) is 19.5. The lowest BCUT2D eigenvalue weighted by Gasteiger charge is -2.26. The lowest BCUT2D eigenvalue weighted by molar-refractivity contribution is -0.122. The third-order valence-electron chi connectivity index (χ3n) is 5.42. The Morgan fingerprint density at radius 1 is 1.03 bits per heavy atom. The molecule has 0 radical (unpaired) electrons. The minimum Gasteiger partial charge on any atom is -0.483 e. The van der Waals surface area contributed by atoms with E-state index in [1.165, 1.54) is 18.2 Å². The van der Waals surface area contributed by atoms with Gasteiger partial charge in [-0.2, -0.15) is 0 Å². The molecule has 1 aliphatic rings. The molecule has 0 unspecified atom stereocenters. The van der Waals surface area contributed by atoms with Crippen LogP contribution in [0.5, 0.6) is 5.75 Å². The molecular formula is C27H22FN3O5. The summed E-state index contributed by atoms with van der Waals surface area (Å²) in [5.41, 5.74) is 2.78. The number of hydrogen-bond acceptors (Lipinski definition) is 5. The minimum atomic E-state index is -0.943. The van der Waals surface area contributed by atoms with Crippen molar-refractivity contribution in [3.05, 3.63) is 94.8 Å². The van der Waals surface area contributed by atoms with E-state index >= 15 is 0 Å². The topological polar surface area (TPSA) is 105 Å². The molecule has 2 N–H and O–H groups in total. The van der Waals surface area contributed by atoms with Gasteiger partial charge in [0.25, 0.3) is 17.7 Å². The Labute approximate surface area is 206 Å². The van der Waals surface area contributed by atoms with Crippen LogP contribution in [0.2, 0.25) is 0 Å². The van der Waals surface area contributed by atoms with Crippen molar-refractivity contribution in [2.75, 3.05) is 16.8 Å². The van der Waals surface area contributed by atoms with Gasteiger partial charge in [-0.3, -0.25) is 19.7 Å². The summed E-state index contributed by atoms with van der Waals surface area (Å²) in [6.07, 6.45) is 1.28. The van der Waals surface area contributed by atoms with Crippen LogP contribution < -0.4 is 20.3 Å². The van der Waals surface area contributed by atoms with Crippen molar-refractivity contribution in [2.24, 2.45) is 0 Å². The highest BCUT2D eigenvalue weighted by molar-refractivity contribution is 6.39. The third kappa shape index (κ3) is 5.30. The summed E-state index contributed by atoms with van der Waals surface area (Å²) in [5.74, 6) is -2.43. The van der Waals surface area contributed by atoms with Gasteiger partial charge in [-0.15, -0.1) is 0 Å². The second-order valence-electron chi connectivity index (χ2n) is 8.13. The molecule has 0 saturated carbocycles. The Kier molecular flexibility index (Phi) is 6.91. The molecule has 0 aliphatic carbocycles. The van der Waals surface area contributed by atoms with Crippen molar-refractivity contribution in [3.63, 3.8) is 0 Å². The summed E-state index contributed by atoms with van der Waals surface area (Å²) in [7, 11) is 0. The van der Waals surface area contributed by atoms with Gasteiger partial charge in [0.2, 0.25) is 0 Å². The number of nitrogens with zero attached hydrogens (tertiary/aromatic N) is 1. The number of ether oxygens (including phenoxy) is 1. The second kappa shape index (κ2) is 10.2. The maximum absolute atomic E-state index is 13.3. The van der Waals surface area contributed by atoms with E-state index in [-0.39, 0.29) is 29.5 Å². The van der Waals surface area contributed by atoms with Crippen molar-refractivity contribution in [1.82, 2.24) is 5.32 Å². The number of hydrogen-bond donors (Lipinski definition) is 2. The summed E-state index contributed by atoms with van der Waals surface area (Å²) < 4.78 is 19.0. The van der Waals surface area contributed by atoms with Crippen molar-refractivity contribution < 1.29 is 28.3 Å². The molecule has 5 amide bonds. The second-order valence-corrected chi connectivity index (χ2v) is 8.13. The van der Waals surface area contributed by atoms with E-state index in [2.05, 4.69) is 10.6 Å². The maximum Gasteiger partial charge on any atom is 0.335 e. The Balaban J connectivity index is 1.54. The van der Waals surface area contributed by atoms with Gasteiger partial charge in [0.15, 0.2) is 6.61 Å². The predicted molar refractivity (Wildman–Crippen MR) is 132 cm³/mol. The third-order valence-corrected chi connectivity index (χ3v) is 5.42. The minimum absolute atomic E-state index is 0.102. The highest BCUT2D eigenvalue weighted by atomic mass is 19.1. The molecule has 0 bridgehead atoms. The Morgan fingerprint density at radius 2 is 1.75 bits per heavy atom. The molecule has 1 saturated heterocycles. The molecule has 1 heterocycles. The molecule has 182 valence electrons. The van der Waals surface area contributed by atoms with Gasteiger partial charge in [0.1, 0.15) is 17.1 Å². The number of amides is 5. The zero-order chi connectivity index (χ0) is 25.8. The largest absolute Gasteiger partial charge is 0.483 e. The summed E-state index contributed by atoms with van der Waals surface area (Å²) in [6, 6.07) is 15.9. The maximum atomic E-state index is 13.3. The summed E-state index contributed by atoms with van der Waals surface area (Å²) in [4.78, 5) is 51.0. The van der Waals surface area contributed by atoms with Crippen LogP contribution >= 0.6 is 0 Å². The normalized spacial score (nSPS) is 14.6. The van der Waals surface area contributed by atoms with Crippen LogP contribution in [0.25, 0.3) is 6.08 Å². The highest BCUT2D eigenvalue weighted by Crippen LogP contribution is 2.26. The number of carbonyl (C=O) groups excluding carboxylic acids is 4. The number of imide groups is 2. The Bertz CT molecular complexity index is 1400. The average molecular weight is 487 g/mol. The van der Waals surface area contributed by atoms with Crippen LogP contribution in [-0.4, -0.2) is 30.4 Å². The summed E-state index contributed by atoms with van der Waals surface area (Å²) in [6.45, 7) is 3.53. The number of urea groups is 1. The molecule has 8 nitrogen and oxygen atoms in total. The predicted octanol–water partition coefficient (Wildman–Crippen LogP) is 4.13. The van der Waals surface area contributed by atoms with E-state index in [0.717, 1.165) is 28.2 Å². The van der Waals surface area contributed by atoms with Gasteiger partial charge in [0, 0.05) is 11.3 Å². The molecule has 0 aromatic heterocycles. The van der Waals surface area contributed by atoms with Gasteiger partial charge in [-0.1, -0.05) is 35.9 Å². The summed E-state index contributed by atoms with van der Waals surface area (Å²) >= 11 is 0. The van der Waals surface area contributed by atoms with Crippen molar-refractivity contribution in [3.8, 4) is 5.75 Å². The monoisotopic (exact) mass is 487 g/mol. The molecular weight excluding hydrogens is 465 g/mol. The first-order chi connectivity index (χ1) is 17.2. The van der Waals surface area contributed by atoms with Crippen LogP contribution in [-0.2, 0) is 14.4 Å². The first-order valence-corrected chi connectivity index (χ1v) is 11.0. The van der Waals surface area contributed by atoms with Crippen molar-refractivity contribution in [1.29, 1.82) is 0 Å². The van der Waals surface area contributed by atoms with Crippen LogP contribution in [0.4, 0.5) is 20.6 Å². The smallest absolute Gasteiger partial charge is 0.335 e. The van der Waals surface area contributed by atoms with Crippen molar-refractivity contribution in [2.45, 2.75) is 13.8 Å². The Hall–Kier alpha value is -4.79. The quantitative estimate of drug-likeness (QED) is 0.402. The number of aryl methyl sites for hydroxylation is 2. The Morgan fingerprint density at radius 3 is 2.47 bits per heavy atom. The first-order valence-electron chi connectivity index (χ1n) is 11.0. The fourth-order valence-electron chi connectivity index (χ4n) is 3.65. The van der Waals surface area contributed by atoms with Gasteiger partial charge in [0.05, 0.1) is 5.69 Å². The van der Waals surface area contributed by atoms with Gasteiger partial charge in [-0.05, 0) is 61.9 Å². The van der Waals surface area contributed by atoms with E-state index in [1.54, 1.807) is 24.3 Å². The van der Waals surface area contributed by atoms with Gasteiger partial charge in [-0.25, -0.2) is 14.1 Å². The van der Waals surface area contributed by atoms with E-state index in [0.29, 0.717) is 11.3 Å². The van der Waals surface area contributed by atoms with Gasteiger partial charge < -0.3 is 10.1 Å². The highest BCUT2D eigenvalue weighted by Gasteiger charge is 2.37. The summed E-state index contributed by atoms with van der Waals surface area (Å²) in [5, 5.41) is 4.90. The van der Waals surface area contributed by atoms with E-state index in [4.69, 9.17) is 4.74 Å². The van der Waals surface area contributed by atoms with E-state index < -0.39 is 23.7 Å². The molecule has 0 atom stereocenters. The number of halogens is 1. The van der Waals surface area contributed by atoms with Crippen LogP contribution in [0.15, 0.2) is 72.3 Å². The standard InChI is InChI=1S/C27H22FN3O5/c1-16-7-12-22(17(2)13-16)29-24(32)15-36-23-6-4-3-5-18(23)14-21-25(33)30-27(35)31(26(21)34)20-10-8-19(28)9-11-20/h3-14H,15H2,1-2H3,(H,29,32)(H,30,33,35)/b21-14+. The molecule has 36 heavy (non-hydrogen) atoms. The molecule has 1 fully saturated rings. The van der Waals surface area contributed by atoms with E-state index in [9.17, 15) is 23.6 Å². The number of rotatable bonds is 6. The molecule has 4 rings (SSSR count). The van der Waals surface area contributed by atoms with Crippen LogP contribution in [0.3, 0.4) is 0 Å². The van der Waals surface area contributed by atoms with E-state index in [1.807, 2.05) is 32.0 Å². The van der Waals surface area contributed by atoms with Gasteiger partial charge >= 0.3 is 6.03 Å². The SMILES string of the molecule is Cc1ccc(NC(=O)COc2ccccc2/C=C2\C(=O)NC(=O)N(c3ccc(F)cc3)C2=O)c(C)c1. The fourth-order valence-corrected chi connectivity index (χ4v) is 3.65. The number of para-hydroxylation sites is 1. The molecule has 9 heteroatoms. The number of barbiturate groups is 1. The molecule has 0 spiro atoms. The number of nitrogens with one attached hydrogen (secondary N) is 2. The fraction of sp³-hybridized carbons (Fsp3) is 0.111. The zero-order valence-corrected chi connectivity index (χ0v) is 19.5. The molecule has 1 aliphatic heterocycles. The average Bonchev–Trinajstić information content (AvgIpc) is 2.84. The van der Waals surface area contributed by atoms with Crippen LogP contribution in [0, 0.1) is 19.7 Å².